The Bertz CT molecular complexity index is 855. The van der Waals surface area contributed by atoms with Gasteiger partial charge in [0.05, 0.1) is 24.8 Å². The number of esters is 1. The molecular weight excluding hydrogens is 387 g/mol. The van der Waals surface area contributed by atoms with Gasteiger partial charge in [0.15, 0.2) is 0 Å². The van der Waals surface area contributed by atoms with Crippen LogP contribution < -0.4 is 10.1 Å². The summed E-state index contributed by atoms with van der Waals surface area (Å²) >= 11 is 0. The van der Waals surface area contributed by atoms with Crippen LogP contribution in [0.3, 0.4) is 0 Å². The van der Waals surface area contributed by atoms with E-state index in [4.69, 9.17) is 9.47 Å². The summed E-state index contributed by atoms with van der Waals surface area (Å²) in [6, 6.07) is 12.6. The van der Waals surface area contributed by atoms with E-state index in [-0.39, 0.29) is 29.8 Å². The number of nitrogens with one attached hydrogen (secondary N) is 1. The number of likely N-dealkylation sites (tertiary alicyclic amines) is 1. The third kappa shape index (κ3) is 5.57. The Labute approximate surface area is 176 Å². The van der Waals surface area contributed by atoms with Crippen LogP contribution in [0.1, 0.15) is 41.7 Å². The topological polar surface area (TPSA) is 67.9 Å². The number of halogens is 1. The largest absolute Gasteiger partial charge is 0.492 e. The van der Waals surface area contributed by atoms with Crippen LogP contribution in [0.25, 0.3) is 0 Å². The number of ether oxygens (including phenoxy) is 2. The molecule has 0 aliphatic carbocycles. The van der Waals surface area contributed by atoms with Gasteiger partial charge in [0.1, 0.15) is 18.2 Å². The van der Waals surface area contributed by atoms with Crippen LogP contribution in [-0.4, -0.2) is 49.6 Å². The van der Waals surface area contributed by atoms with Crippen molar-refractivity contribution in [1.29, 1.82) is 0 Å². The van der Waals surface area contributed by atoms with E-state index in [1.165, 1.54) is 19.2 Å². The second-order valence-corrected chi connectivity index (χ2v) is 7.34. The fourth-order valence-corrected chi connectivity index (χ4v) is 3.62. The number of methoxy groups -OCH3 is 1. The molecule has 1 N–H and O–H groups in total. The fraction of sp³-hybridized carbons (Fsp3) is 0.391. The van der Waals surface area contributed by atoms with Crippen LogP contribution in [0, 0.1) is 5.82 Å². The molecule has 2 aromatic rings. The molecule has 0 radical (unpaired) electrons. The molecule has 2 aromatic carbocycles. The smallest absolute Gasteiger partial charge is 0.337 e. The van der Waals surface area contributed by atoms with E-state index in [0.717, 1.165) is 24.9 Å². The predicted octanol–water partition coefficient (Wildman–Crippen LogP) is 3.33. The van der Waals surface area contributed by atoms with Gasteiger partial charge in [-0.15, -0.1) is 0 Å². The Hall–Kier alpha value is -2.93. The second kappa shape index (κ2) is 10.2. The quantitative estimate of drug-likeness (QED) is 0.671. The number of carbonyl (C=O) groups is 2. The average molecular weight is 414 g/mol. The number of benzene rings is 2. The summed E-state index contributed by atoms with van der Waals surface area (Å²) in [7, 11) is 1.34. The molecule has 1 aliphatic heterocycles. The van der Waals surface area contributed by atoms with Crippen molar-refractivity contribution in [3.63, 3.8) is 0 Å². The van der Waals surface area contributed by atoms with E-state index in [2.05, 4.69) is 10.2 Å². The predicted molar refractivity (Wildman–Crippen MR) is 111 cm³/mol. The first-order chi connectivity index (χ1) is 14.5. The van der Waals surface area contributed by atoms with Crippen LogP contribution in [0.15, 0.2) is 48.5 Å². The van der Waals surface area contributed by atoms with Crippen LogP contribution >= 0.6 is 0 Å². The first-order valence-electron chi connectivity index (χ1n) is 10.1. The number of hydrogen-bond donors (Lipinski definition) is 1. The second-order valence-electron chi connectivity index (χ2n) is 7.34. The average Bonchev–Trinajstić information content (AvgIpc) is 3.23. The molecule has 1 amide bonds. The van der Waals surface area contributed by atoms with Gasteiger partial charge < -0.3 is 14.8 Å². The molecule has 2 atom stereocenters. The van der Waals surface area contributed by atoms with Gasteiger partial charge in [-0.05, 0) is 68.3 Å². The highest BCUT2D eigenvalue weighted by molar-refractivity contribution is 5.89. The Morgan fingerprint density at radius 2 is 1.87 bits per heavy atom. The Kier molecular flexibility index (Phi) is 7.41. The third-order valence-corrected chi connectivity index (χ3v) is 5.32. The molecule has 6 nitrogen and oxygen atoms in total. The molecule has 1 aliphatic rings. The molecule has 160 valence electrons. The lowest BCUT2D eigenvalue weighted by Gasteiger charge is -2.25. The first kappa shape index (κ1) is 21.8. The standard InChI is InChI=1S/C23H27FN2O4/c1-16(17-5-7-18(8-6-17)23(28)29-2)25-22(27)21-4-3-13-26(21)14-15-30-20-11-9-19(24)10-12-20/h5-12,16,21H,3-4,13-15H2,1-2H3,(H,25,27)/t16-,21+/m0/s1. The van der Waals surface area contributed by atoms with Crippen molar-refractivity contribution in [2.75, 3.05) is 26.8 Å². The number of hydrogen-bond acceptors (Lipinski definition) is 5. The molecular formula is C23H27FN2O4. The van der Waals surface area contributed by atoms with Crippen LogP contribution in [0.4, 0.5) is 4.39 Å². The minimum atomic E-state index is -0.386. The molecule has 0 bridgehead atoms. The van der Waals surface area contributed by atoms with Gasteiger partial charge in [0.25, 0.3) is 0 Å². The zero-order valence-corrected chi connectivity index (χ0v) is 17.3. The lowest BCUT2D eigenvalue weighted by Crippen LogP contribution is -2.45. The van der Waals surface area contributed by atoms with E-state index >= 15 is 0 Å². The summed E-state index contributed by atoms with van der Waals surface area (Å²) in [5, 5.41) is 3.07. The maximum absolute atomic E-state index is 13.0. The highest BCUT2D eigenvalue weighted by Gasteiger charge is 2.31. The van der Waals surface area contributed by atoms with Gasteiger partial charge in [-0.3, -0.25) is 9.69 Å². The van der Waals surface area contributed by atoms with Crippen LogP contribution in [-0.2, 0) is 9.53 Å². The lowest BCUT2D eigenvalue weighted by molar-refractivity contribution is -0.126. The number of nitrogens with zero attached hydrogens (tertiary/aromatic N) is 1. The molecule has 0 aromatic heterocycles. The van der Waals surface area contributed by atoms with Gasteiger partial charge >= 0.3 is 5.97 Å². The lowest BCUT2D eigenvalue weighted by atomic mass is 10.1. The van der Waals surface area contributed by atoms with E-state index in [9.17, 15) is 14.0 Å². The van der Waals surface area contributed by atoms with Gasteiger partial charge in [-0.1, -0.05) is 12.1 Å². The zero-order valence-electron chi connectivity index (χ0n) is 17.3. The van der Waals surface area contributed by atoms with Crippen molar-refractivity contribution in [2.45, 2.75) is 31.8 Å². The summed E-state index contributed by atoms with van der Waals surface area (Å²) < 4.78 is 23.3. The van der Waals surface area contributed by atoms with Crippen LogP contribution in [0.2, 0.25) is 0 Å². The Morgan fingerprint density at radius 3 is 2.53 bits per heavy atom. The highest BCUT2D eigenvalue weighted by atomic mass is 19.1. The molecule has 1 saturated heterocycles. The SMILES string of the molecule is COC(=O)c1ccc([C@H](C)NC(=O)[C@H]2CCCN2CCOc2ccc(F)cc2)cc1. The molecule has 0 unspecified atom stereocenters. The summed E-state index contributed by atoms with van der Waals surface area (Å²) in [6.45, 7) is 3.81. The van der Waals surface area contributed by atoms with E-state index in [0.29, 0.717) is 24.5 Å². The number of carbonyl (C=O) groups excluding carboxylic acids is 2. The first-order valence-corrected chi connectivity index (χ1v) is 10.1. The molecule has 30 heavy (non-hydrogen) atoms. The van der Waals surface area contributed by atoms with E-state index in [1.807, 2.05) is 19.1 Å². The van der Waals surface area contributed by atoms with Crippen molar-refractivity contribution in [3.05, 3.63) is 65.5 Å². The Morgan fingerprint density at radius 1 is 1.17 bits per heavy atom. The minimum absolute atomic E-state index is 0.0150. The van der Waals surface area contributed by atoms with Gasteiger partial charge in [0, 0.05) is 6.54 Å². The monoisotopic (exact) mass is 414 g/mol. The summed E-state index contributed by atoms with van der Waals surface area (Å²) in [5.41, 5.74) is 1.39. The van der Waals surface area contributed by atoms with Gasteiger partial charge in [0.2, 0.25) is 5.91 Å². The number of amides is 1. The highest BCUT2D eigenvalue weighted by Crippen LogP contribution is 2.20. The third-order valence-electron chi connectivity index (χ3n) is 5.32. The summed E-state index contributed by atoms with van der Waals surface area (Å²) in [5.74, 6) is -0.0881. The van der Waals surface area contributed by atoms with Crippen molar-refractivity contribution in [3.8, 4) is 5.75 Å². The minimum Gasteiger partial charge on any atom is -0.492 e. The van der Waals surface area contributed by atoms with Crippen molar-refractivity contribution in [2.24, 2.45) is 0 Å². The molecule has 0 saturated carbocycles. The summed E-state index contributed by atoms with van der Waals surface area (Å²) in [6.07, 6.45) is 1.76. The Balaban J connectivity index is 1.50. The maximum Gasteiger partial charge on any atom is 0.337 e. The zero-order chi connectivity index (χ0) is 21.5. The van der Waals surface area contributed by atoms with Gasteiger partial charge in [-0.2, -0.15) is 0 Å². The molecule has 1 fully saturated rings. The maximum atomic E-state index is 13.0. The van der Waals surface area contributed by atoms with Crippen LogP contribution in [0.5, 0.6) is 5.75 Å². The van der Waals surface area contributed by atoms with E-state index < -0.39 is 0 Å². The normalized spacial score (nSPS) is 17.4. The fourth-order valence-electron chi connectivity index (χ4n) is 3.62. The van der Waals surface area contributed by atoms with E-state index in [1.54, 1.807) is 24.3 Å². The molecule has 3 rings (SSSR count). The van der Waals surface area contributed by atoms with Crippen molar-refractivity contribution >= 4 is 11.9 Å². The van der Waals surface area contributed by atoms with Crippen molar-refractivity contribution < 1.29 is 23.5 Å². The molecule has 1 heterocycles. The number of rotatable bonds is 8. The molecule has 7 heteroatoms. The van der Waals surface area contributed by atoms with Gasteiger partial charge in [-0.25, -0.2) is 9.18 Å². The molecule has 0 spiro atoms. The summed E-state index contributed by atoms with van der Waals surface area (Å²) in [4.78, 5) is 26.5. The van der Waals surface area contributed by atoms with Crippen molar-refractivity contribution in [1.82, 2.24) is 10.2 Å².